The van der Waals surface area contributed by atoms with E-state index < -0.39 is 0 Å². The van der Waals surface area contributed by atoms with Gasteiger partial charge in [0.25, 0.3) is 0 Å². The second kappa shape index (κ2) is 9.70. The average Bonchev–Trinajstić information content (AvgIpc) is 3.07. The summed E-state index contributed by atoms with van der Waals surface area (Å²) >= 11 is 0. The zero-order valence-corrected chi connectivity index (χ0v) is 14.7. The standard InChI is InChI=1S/C18H27N5O/c1-14(2)17-22-16(24-23-17)10-7-12-20-18(19-3)21-13-11-15-8-5-4-6-9-15/h4-6,8-9,14H,7,10-13H2,1-3H3,(H2,19,20,21). The van der Waals surface area contributed by atoms with Gasteiger partial charge in [-0.2, -0.15) is 4.98 Å². The van der Waals surface area contributed by atoms with Gasteiger partial charge in [0.1, 0.15) is 0 Å². The highest BCUT2D eigenvalue weighted by atomic mass is 16.5. The Morgan fingerprint density at radius 1 is 1.12 bits per heavy atom. The summed E-state index contributed by atoms with van der Waals surface area (Å²) < 4.78 is 5.24. The molecule has 0 spiro atoms. The number of guanidine groups is 1. The molecule has 0 saturated heterocycles. The summed E-state index contributed by atoms with van der Waals surface area (Å²) in [6, 6.07) is 10.4. The molecule has 1 aromatic carbocycles. The number of benzene rings is 1. The van der Waals surface area contributed by atoms with Gasteiger partial charge in [-0.05, 0) is 18.4 Å². The van der Waals surface area contributed by atoms with Crippen molar-refractivity contribution in [2.24, 2.45) is 4.99 Å². The molecule has 2 aromatic rings. The maximum absolute atomic E-state index is 5.24. The van der Waals surface area contributed by atoms with Crippen molar-refractivity contribution in [3.63, 3.8) is 0 Å². The van der Waals surface area contributed by atoms with Crippen LogP contribution >= 0.6 is 0 Å². The van der Waals surface area contributed by atoms with Crippen LogP contribution < -0.4 is 10.6 Å². The van der Waals surface area contributed by atoms with Crippen molar-refractivity contribution in [1.29, 1.82) is 0 Å². The summed E-state index contributed by atoms with van der Waals surface area (Å²) in [7, 11) is 1.78. The number of rotatable bonds is 8. The van der Waals surface area contributed by atoms with E-state index in [4.69, 9.17) is 4.52 Å². The van der Waals surface area contributed by atoms with E-state index in [0.717, 1.165) is 44.1 Å². The molecule has 2 rings (SSSR count). The highest BCUT2D eigenvalue weighted by Crippen LogP contribution is 2.10. The molecule has 0 aliphatic carbocycles. The third-order valence-corrected chi connectivity index (χ3v) is 3.63. The Balaban J connectivity index is 1.62. The molecule has 130 valence electrons. The van der Waals surface area contributed by atoms with Crippen molar-refractivity contribution in [3.8, 4) is 0 Å². The molecule has 1 heterocycles. The van der Waals surface area contributed by atoms with Crippen molar-refractivity contribution in [2.45, 2.75) is 39.0 Å². The maximum atomic E-state index is 5.24. The zero-order chi connectivity index (χ0) is 17.2. The molecular weight excluding hydrogens is 302 g/mol. The molecule has 0 bridgehead atoms. The molecule has 1 aromatic heterocycles. The van der Waals surface area contributed by atoms with E-state index in [-0.39, 0.29) is 0 Å². The van der Waals surface area contributed by atoms with Gasteiger partial charge in [-0.3, -0.25) is 4.99 Å². The summed E-state index contributed by atoms with van der Waals surface area (Å²) in [6.07, 6.45) is 2.66. The summed E-state index contributed by atoms with van der Waals surface area (Å²) in [5, 5.41) is 10.6. The van der Waals surface area contributed by atoms with Gasteiger partial charge in [0.2, 0.25) is 5.89 Å². The summed E-state index contributed by atoms with van der Waals surface area (Å²) in [4.78, 5) is 8.61. The van der Waals surface area contributed by atoms with Crippen LogP contribution in [0, 0.1) is 0 Å². The minimum absolute atomic E-state index is 0.299. The first kappa shape index (κ1) is 18.0. The van der Waals surface area contributed by atoms with Crippen LogP contribution in [0.4, 0.5) is 0 Å². The molecular formula is C18H27N5O. The molecule has 6 nitrogen and oxygen atoms in total. The molecule has 24 heavy (non-hydrogen) atoms. The third-order valence-electron chi connectivity index (χ3n) is 3.63. The second-order valence-corrected chi connectivity index (χ2v) is 5.97. The predicted molar refractivity (Wildman–Crippen MR) is 96.2 cm³/mol. The van der Waals surface area contributed by atoms with Crippen LogP contribution in [0.2, 0.25) is 0 Å². The molecule has 2 N–H and O–H groups in total. The first-order chi connectivity index (χ1) is 11.7. The fourth-order valence-electron chi connectivity index (χ4n) is 2.24. The lowest BCUT2D eigenvalue weighted by molar-refractivity contribution is 0.368. The number of hydrogen-bond donors (Lipinski definition) is 2. The molecule has 0 saturated carbocycles. The smallest absolute Gasteiger partial charge is 0.226 e. The van der Waals surface area contributed by atoms with Gasteiger partial charge in [-0.25, -0.2) is 0 Å². The Hall–Kier alpha value is -2.37. The lowest BCUT2D eigenvalue weighted by Crippen LogP contribution is -2.38. The first-order valence-electron chi connectivity index (χ1n) is 8.50. The minimum Gasteiger partial charge on any atom is -0.356 e. The van der Waals surface area contributed by atoms with Gasteiger partial charge in [-0.1, -0.05) is 49.3 Å². The molecule has 0 unspecified atom stereocenters. The molecule has 0 radical (unpaired) electrons. The lowest BCUT2D eigenvalue weighted by atomic mass is 10.1. The molecule has 0 amide bonds. The summed E-state index contributed by atoms with van der Waals surface area (Å²) in [5.41, 5.74) is 1.32. The van der Waals surface area contributed by atoms with Crippen LogP contribution in [0.15, 0.2) is 39.8 Å². The lowest BCUT2D eigenvalue weighted by Gasteiger charge is -2.11. The number of hydrogen-bond acceptors (Lipinski definition) is 4. The van der Waals surface area contributed by atoms with Gasteiger partial charge >= 0.3 is 0 Å². The fraction of sp³-hybridized carbons (Fsp3) is 0.500. The maximum Gasteiger partial charge on any atom is 0.226 e. The van der Waals surface area contributed by atoms with E-state index in [0.29, 0.717) is 11.8 Å². The summed E-state index contributed by atoms with van der Waals surface area (Å²) in [5.74, 6) is 2.59. The van der Waals surface area contributed by atoms with Crippen molar-refractivity contribution in [2.75, 3.05) is 20.1 Å². The van der Waals surface area contributed by atoms with Gasteiger partial charge in [0.15, 0.2) is 11.8 Å². The molecule has 0 fully saturated rings. The number of nitrogens with one attached hydrogen (secondary N) is 2. The Bertz CT molecular complexity index is 621. The minimum atomic E-state index is 0.299. The Morgan fingerprint density at radius 3 is 2.54 bits per heavy atom. The number of aromatic nitrogens is 2. The SMILES string of the molecule is CN=C(NCCCc1nc(C(C)C)no1)NCCc1ccccc1. The fourth-order valence-corrected chi connectivity index (χ4v) is 2.24. The van der Waals surface area contributed by atoms with Gasteiger partial charge in [-0.15, -0.1) is 0 Å². The molecule has 0 atom stereocenters. The van der Waals surface area contributed by atoms with Crippen molar-refractivity contribution >= 4 is 5.96 Å². The summed E-state index contributed by atoms with van der Waals surface area (Å²) in [6.45, 7) is 5.78. The number of aryl methyl sites for hydroxylation is 1. The molecule has 0 aliphatic heterocycles. The topological polar surface area (TPSA) is 75.3 Å². The van der Waals surface area contributed by atoms with E-state index in [2.05, 4.69) is 63.9 Å². The van der Waals surface area contributed by atoms with E-state index in [1.807, 2.05) is 6.07 Å². The van der Waals surface area contributed by atoms with Gasteiger partial charge < -0.3 is 15.2 Å². The third kappa shape index (κ3) is 6.02. The first-order valence-corrected chi connectivity index (χ1v) is 8.50. The van der Waals surface area contributed by atoms with Crippen molar-refractivity contribution < 1.29 is 4.52 Å². The highest BCUT2D eigenvalue weighted by molar-refractivity contribution is 5.79. The Kier molecular flexibility index (Phi) is 7.26. The van der Waals surface area contributed by atoms with E-state index in [1.165, 1.54) is 5.56 Å². The quantitative estimate of drug-likeness (QED) is 0.442. The number of aliphatic imine (C=N–C) groups is 1. The van der Waals surface area contributed by atoms with Gasteiger partial charge in [0.05, 0.1) is 0 Å². The zero-order valence-electron chi connectivity index (χ0n) is 14.7. The predicted octanol–water partition coefficient (Wildman–Crippen LogP) is 2.53. The van der Waals surface area contributed by atoms with E-state index in [9.17, 15) is 0 Å². The van der Waals surface area contributed by atoms with Crippen molar-refractivity contribution in [1.82, 2.24) is 20.8 Å². The van der Waals surface area contributed by atoms with E-state index in [1.54, 1.807) is 7.05 Å². The monoisotopic (exact) mass is 329 g/mol. The average molecular weight is 329 g/mol. The second-order valence-electron chi connectivity index (χ2n) is 5.97. The van der Waals surface area contributed by atoms with E-state index >= 15 is 0 Å². The molecule has 0 aliphatic rings. The van der Waals surface area contributed by atoms with Crippen molar-refractivity contribution in [3.05, 3.63) is 47.6 Å². The van der Waals surface area contributed by atoms with Crippen LogP contribution in [0.1, 0.15) is 43.5 Å². The largest absolute Gasteiger partial charge is 0.356 e. The Morgan fingerprint density at radius 2 is 1.88 bits per heavy atom. The van der Waals surface area contributed by atoms with Crippen LogP contribution in [-0.4, -0.2) is 36.2 Å². The normalized spacial score (nSPS) is 11.8. The van der Waals surface area contributed by atoms with Crippen LogP contribution in [0.5, 0.6) is 0 Å². The van der Waals surface area contributed by atoms with Crippen LogP contribution in [-0.2, 0) is 12.8 Å². The number of nitrogens with zero attached hydrogens (tertiary/aromatic N) is 3. The van der Waals surface area contributed by atoms with Crippen LogP contribution in [0.25, 0.3) is 0 Å². The highest BCUT2D eigenvalue weighted by Gasteiger charge is 2.09. The molecule has 6 heteroatoms. The Labute approximate surface area is 143 Å². The van der Waals surface area contributed by atoms with Crippen LogP contribution in [0.3, 0.4) is 0 Å². The van der Waals surface area contributed by atoms with Gasteiger partial charge in [0, 0.05) is 32.5 Å².